The van der Waals surface area contributed by atoms with Crippen LogP contribution in [0.25, 0.3) is 0 Å². The van der Waals surface area contributed by atoms with E-state index in [0.29, 0.717) is 17.9 Å². The maximum Gasteiger partial charge on any atom is 0.244 e. The zero-order valence-corrected chi connectivity index (χ0v) is 24.4. The van der Waals surface area contributed by atoms with Gasteiger partial charge in [-0.1, -0.05) is 50.5 Å². The standard InChI is InChI=1S/C29H41N3O6S/c1-6-25(29(34)30-23-14-8-7-9-15-23)31(19-22-13-11-10-12-21(22)2)28(33)20-32(39(5,35)36)24-16-17-26(37-3)27(18-24)38-4/h10-13,16-18,23,25H,6-9,14-15,19-20H2,1-5H3,(H,30,34)/t25-/m0/s1. The summed E-state index contributed by atoms with van der Waals surface area (Å²) in [6.07, 6.45) is 6.61. The Morgan fingerprint density at radius 3 is 2.28 bits per heavy atom. The van der Waals surface area contributed by atoms with E-state index in [1.807, 2.05) is 38.1 Å². The van der Waals surface area contributed by atoms with Crippen LogP contribution in [0, 0.1) is 6.92 Å². The van der Waals surface area contributed by atoms with Gasteiger partial charge >= 0.3 is 0 Å². The molecule has 39 heavy (non-hydrogen) atoms. The molecule has 1 aliphatic carbocycles. The number of anilines is 1. The molecule has 0 aromatic heterocycles. The second-order valence-electron chi connectivity index (χ2n) is 10.0. The van der Waals surface area contributed by atoms with Crippen molar-refractivity contribution in [2.75, 3.05) is 31.3 Å². The molecule has 0 spiro atoms. The smallest absolute Gasteiger partial charge is 0.244 e. The minimum absolute atomic E-state index is 0.0926. The maximum atomic E-state index is 13.9. The first-order valence-electron chi connectivity index (χ1n) is 13.4. The third kappa shape index (κ3) is 7.88. The van der Waals surface area contributed by atoms with E-state index in [1.54, 1.807) is 12.1 Å². The Hall–Kier alpha value is -3.27. The van der Waals surface area contributed by atoms with Gasteiger partial charge in [-0.25, -0.2) is 8.42 Å². The lowest BCUT2D eigenvalue weighted by atomic mass is 9.95. The first-order valence-corrected chi connectivity index (χ1v) is 15.3. The molecule has 0 bridgehead atoms. The number of nitrogens with one attached hydrogen (secondary N) is 1. The molecule has 1 saturated carbocycles. The lowest BCUT2D eigenvalue weighted by Gasteiger charge is -2.34. The quantitative estimate of drug-likeness (QED) is 0.421. The molecule has 0 unspecified atom stereocenters. The van der Waals surface area contributed by atoms with Crippen molar-refractivity contribution < 1.29 is 27.5 Å². The highest BCUT2D eigenvalue weighted by atomic mass is 32.2. The van der Waals surface area contributed by atoms with Gasteiger partial charge < -0.3 is 19.7 Å². The summed E-state index contributed by atoms with van der Waals surface area (Å²) >= 11 is 0. The lowest BCUT2D eigenvalue weighted by molar-refractivity contribution is -0.140. The van der Waals surface area contributed by atoms with Crippen molar-refractivity contribution in [1.29, 1.82) is 0 Å². The van der Waals surface area contributed by atoms with Crippen molar-refractivity contribution in [3.8, 4) is 11.5 Å². The average molecular weight is 560 g/mol. The largest absolute Gasteiger partial charge is 0.493 e. The summed E-state index contributed by atoms with van der Waals surface area (Å²) in [4.78, 5) is 29.0. The van der Waals surface area contributed by atoms with E-state index in [4.69, 9.17) is 9.47 Å². The number of benzene rings is 2. The third-order valence-electron chi connectivity index (χ3n) is 7.27. The molecule has 1 N–H and O–H groups in total. The van der Waals surface area contributed by atoms with E-state index in [2.05, 4.69) is 5.32 Å². The Bertz CT molecular complexity index is 1240. The number of rotatable bonds is 12. The molecule has 3 rings (SSSR count). The summed E-state index contributed by atoms with van der Waals surface area (Å²) in [5.41, 5.74) is 2.14. The van der Waals surface area contributed by atoms with Crippen LogP contribution in [0.15, 0.2) is 42.5 Å². The molecule has 0 heterocycles. The van der Waals surface area contributed by atoms with Crippen LogP contribution in [-0.2, 0) is 26.2 Å². The molecule has 9 nitrogen and oxygen atoms in total. The second kappa shape index (κ2) is 13.7. The Labute approximate surface area is 232 Å². The maximum absolute atomic E-state index is 13.9. The van der Waals surface area contributed by atoms with Gasteiger partial charge in [0, 0.05) is 18.7 Å². The van der Waals surface area contributed by atoms with Gasteiger partial charge in [-0.05, 0) is 49.4 Å². The topological polar surface area (TPSA) is 105 Å². The minimum atomic E-state index is -3.86. The van der Waals surface area contributed by atoms with Crippen LogP contribution in [0.5, 0.6) is 11.5 Å². The van der Waals surface area contributed by atoms with E-state index in [0.717, 1.165) is 47.4 Å². The highest BCUT2D eigenvalue weighted by molar-refractivity contribution is 7.92. The fraction of sp³-hybridized carbons (Fsp3) is 0.517. The summed E-state index contributed by atoms with van der Waals surface area (Å²) < 4.78 is 37.5. The summed E-state index contributed by atoms with van der Waals surface area (Å²) in [7, 11) is -0.914. The van der Waals surface area contributed by atoms with Crippen LogP contribution >= 0.6 is 0 Å². The van der Waals surface area contributed by atoms with Crippen molar-refractivity contribution in [2.24, 2.45) is 0 Å². The highest BCUT2D eigenvalue weighted by Crippen LogP contribution is 2.32. The van der Waals surface area contributed by atoms with Crippen LogP contribution in [-0.4, -0.2) is 64.2 Å². The first kappa shape index (κ1) is 30.3. The first-order chi connectivity index (χ1) is 18.6. The Morgan fingerprint density at radius 1 is 1.03 bits per heavy atom. The predicted molar refractivity (Wildman–Crippen MR) is 153 cm³/mol. The van der Waals surface area contributed by atoms with Gasteiger partial charge in [0.2, 0.25) is 21.8 Å². The fourth-order valence-electron chi connectivity index (χ4n) is 5.03. The van der Waals surface area contributed by atoms with Crippen LogP contribution in [0.3, 0.4) is 0 Å². The third-order valence-corrected chi connectivity index (χ3v) is 8.41. The Kier molecular flexibility index (Phi) is 10.6. The molecule has 0 aliphatic heterocycles. The van der Waals surface area contributed by atoms with Crippen molar-refractivity contribution in [1.82, 2.24) is 10.2 Å². The zero-order valence-electron chi connectivity index (χ0n) is 23.6. The normalized spacial score (nSPS) is 14.8. The number of aryl methyl sites for hydroxylation is 1. The Balaban J connectivity index is 1.95. The number of sulfonamides is 1. The summed E-state index contributed by atoms with van der Waals surface area (Å²) in [6.45, 7) is 3.54. The molecular formula is C29H41N3O6S. The lowest BCUT2D eigenvalue weighted by Crippen LogP contribution is -2.54. The molecule has 0 saturated heterocycles. The van der Waals surface area contributed by atoms with E-state index in [1.165, 1.54) is 31.6 Å². The number of hydrogen-bond donors (Lipinski definition) is 1. The number of hydrogen-bond acceptors (Lipinski definition) is 6. The minimum Gasteiger partial charge on any atom is -0.493 e. The van der Waals surface area contributed by atoms with Crippen molar-refractivity contribution in [3.63, 3.8) is 0 Å². The van der Waals surface area contributed by atoms with Crippen LogP contribution < -0.4 is 19.1 Å². The molecule has 2 amide bonds. The zero-order chi connectivity index (χ0) is 28.6. The number of nitrogens with zero attached hydrogens (tertiary/aromatic N) is 2. The molecule has 1 aliphatic rings. The molecule has 2 aromatic rings. The van der Waals surface area contributed by atoms with Crippen LogP contribution in [0.1, 0.15) is 56.6 Å². The SMILES string of the molecule is CC[C@@H](C(=O)NC1CCCCC1)N(Cc1ccccc1C)C(=O)CN(c1ccc(OC)c(OC)c1)S(C)(=O)=O. The molecule has 0 radical (unpaired) electrons. The van der Waals surface area contributed by atoms with Crippen LogP contribution in [0.2, 0.25) is 0 Å². The van der Waals surface area contributed by atoms with E-state index in [9.17, 15) is 18.0 Å². The second-order valence-corrected chi connectivity index (χ2v) is 11.9. The van der Waals surface area contributed by atoms with E-state index < -0.39 is 28.5 Å². The van der Waals surface area contributed by atoms with Crippen molar-refractivity contribution >= 4 is 27.5 Å². The van der Waals surface area contributed by atoms with Gasteiger partial charge in [-0.2, -0.15) is 0 Å². The molecule has 214 valence electrons. The predicted octanol–water partition coefficient (Wildman–Crippen LogP) is 4.03. The molecule has 2 aromatic carbocycles. The Morgan fingerprint density at radius 2 is 1.69 bits per heavy atom. The average Bonchev–Trinajstić information content (AvgIpc) is 2.92. The highest BCUT2D eigenvalue weighted by Gasteiger charge is 2.33. The van der Waals surface area contributed by atoms with Gasteiger partial charge in [-0.3, -0.25) is 13.9 Å². The summed E-state index contributed by atoms with van der Waals surface area (Å²) in [6, 6.07) is 11.7. The van der Waals surface area contributed by atoms with Gasteiger partial charge in [-0.15, -0.1) is 0 Å². The van der Waals surface area contributed by atoms with Gasteiger partial charge in [0.1, 0.15) is 12.6 Å². The number of carbonyl (C=O) groups is 2. The van der Waals surface area contributed by atoms with Gasteiger partial charge in [0.15, 0.2) is 11.5 Å². The van der Waals surface area contributed by atoms with Crippen LogP contribution in [0.4, 0.5) is 5.69 Å². The molecular weight excluding hydrogens is 518 g/mol. The van der Waals surface area contributed by atoms with Gasteiger partial charge in [0.25, 0.3) is 0 Å². The number of carbonyl (C=O) groups excluding carboxylic acids is 2. The van der Waals surface area contributed by atoms with E-state index >= 15 is 0 Å². The number of ether oxygens (including phenoxy) is 2. The van der Waals surface area contributed by atoms with Crippen molar-refractivity contribution in [2.45, 2.75) is 71.0 Å². The number of methoxy groups -OCH3 is 2. The summed E-state index contributed by atoms with van der Waals surface area (Å²) in [5.74, 6) is 0.103. The molecule has 1 fully saturated rings. The van der Waals surface area contributed by atoms with Crippen molar-refractivity contribution in [3.05, 3.63) is 53.6 Å². The summed E-state index contributed by atoms with van der Waals surface area (Å²) in [5, 5.41) is 3.15. The number of amides is 2. The molecule has 1 atom stereocenters. The monoisotopic (exact) mass is 559 g/mol. The van der Waals surface area contributed by atoms with Gasteiger partial charge in [0.05, 0.1) is 26.2 Å². The fourth-order valence-corrected chi connectivity index (χ4v) is 5.87. The van der Waals surface area contributed by atoms with E-state index in [-0.39, 0.29) is 24.2 Å². The molecule has 10 heteroatoms.